The first-order valence-corrected chi connectivity index (χ1v) is 14.9. The Labute approximate surface area is 231 Å². The lowest BCUT2D eigenvalue weighted by Gasteiger charge is -2.36. The summed E-state index contributed by atoms with van der Waals surface area (Å²) in [4.78, 5) is 17.6. The van der Waals surface area contributed by atoms with Gasteiger partial charge in [-0.1, -0.05) is 42.5 Å². The van der Waals surface area contributed by atoms with Gasteiger partial charge in [-0.25, -0.2) is 26.9 Å². The van der Waals surface area contributed by atoms with E-state index >= 15 is 0 Å². The number of hydrogen-bond acceptors (Lipinski definition) is 6. The molecular formula is C28H28F2N4O3S2. The zero-order valence-corrected chi connectivity index (χ0v) is 22.7. The second-order valence-electron chi connectivity index (χ2n) is 9.21. The molecule has 1 saturated carbocycles. The van der Waals surface area contributed by atoms with Gasteiger partial charge >= 0.3 is 0 Å². The average molecular weight is 571 g/mol. The maximum Gasteiger partial charge on any atom is 0.258 e. The second kappa shape index (κ2) is 12.7. The Balaban J connectivity index is 1.44. The Morgan fingerprint density at radius 2 is 1.85 bits per heavy atom. The van der Waals surface area contributed by atoms with Crippen molar-refractivity contribution in [2.24, 2.45) is 5.92 Å². The van der Waals surface area contributed by atoms with Gasteiger partial charge in [0.15, 0.2) is 5.03 Å². The molecule has 1 fully saturated rings. The Morgan fingerprint density at radius 1 is 1.10 bits per heavy atom. The predicted octanol–water partition coefficient (Wildman–Crippen LogP) is 4.98. The van der Waals surface area contributed by atoms with E-state index in [1.54, 1.807) is 12.1 Å². The van der Waals surface area contributed by atoms with Crippen LogP contribution in [0.15, 0.2) is 82.8 Å². The molecule has 39 heavy (non-hydrogen) atoms. The van der Waals surface area contributed by atoms with Gasteiger partial charge in [0.1, 0.15) is 6.54 Å². The van der Waals surface area contributed by atoms with Crippen LogP contribution in [0.2, 0.25) is 0 Å². The van der Waals surface area contributed by atoms with Crippen molar-refractivity contribution in [2.45, 2.75) is 41.0 Å². The fourth-order valence-corrected chi connectivity index (χ4v) is 6.65. The molecule has 3 aromatic rings. The highest BCUT2D eigenvalue weighted by Gasteiger charge is 2.45. The van der Waals surface area contributed by atoms with E-state index in [9.17, 15) is 22.0 Å². The molecule has 7 nitrogen and oxygen atoms in total. The first-order valence-electron chi connectivity index (χ1n) is 12.5. The van der Waals surface area contributed by atoms with Crippen LogP contribution < -0.4 is 10.0 Å². The monoisotopic (exact) mass is 570 g/mol. The van der Waals surface area contributed by atoms with Crippen LogP contribution in [0.1, 0.15) is 30.7 Å². The van der Waals surface area contributed by atoms with Crippen LogP contribution in [-0.4, -0.2) is 44.1 Å². The molecule has 2 atom stereocenters. The highest BCUT2D eigenvalue weighted by Crippen LogP contribution is 2.47. The number of nitrogens with one attached hydrogen (secondary N) is 2. The minimum absolute atomic E-state index is 0.0236. The predicted molar refractivity (Wildman–Crippen MR) is 146 cm³/mol. The van der Waals surface area contributed by atoms with E-state index in [0.29, 0.717) is 5.75 Å². The van der Waals surface area contributed by atoms with E-state index in [1.807, 2.05) is 54.6 Å². The van der Waals surface area contributed by atoms with Crippen molar-refractivity contribution in [1.29, 1.82) is 5.26 Å². The molecule has 204 valence electrons. The van der Waals surface area contributed by atoms with Gasteiger partial charge in [0.2, 0.25) is 11.8 Å². The standard InChI is InChI=1S/C28H28F2N4O3S2/c29-28(30)13-12-24(25(19-28)27(35)33-16-14-31)23-6-2-1-5-22(23)20-8-10-21(11-9-20)38-18-17-34-39(36,37)26-7-3-4-15-32-26/h1-11,15,24-25,34H,12-13,16-19H2,(H,33,35). The fraction of sp³-hybridized carbons (Fsp3) is 0.321. The molecule has 0 bridgehead atoms. The summed E-state index contributed by atoms with van der Waals surface area (Å²) in [6.45, 7) is 0.00865. The number of sulfonamides is 1. The van der Waals surface area contributed by atoms with Gasteiger partial charge in [0, 0.05) is 36.2 Å². The van der Waals surface area contributed by atoms with Crippen LogP contribution in [0, 0.1) is 17.2 Å². The Kier molecular flexibility index (Phi) is 9.32. The van der Waals surface area contributed by atoms with Crippen molar-refractivity contribution in [2.75, 3.05) is 18.8 Å². The molecule has 0 spiro atoms. The topological polar surface area (TPSA) is 112 Å². The minimum atomic E-state index is -3.66. The number of alkyl halides is 2. The summed E-state index contributed by atoms with van der Waals surface area (Å²) in [6.07, 6.45) is 0.740. The first kappa shape index (κ1) is 28.7. The van der Waals surface area contributed by atoms with Crippen LogP contribution >= 0.6 is 11.8 Å². The minimum Gasteiger partial charge on any atom is -0.343 e. The molecule has 11 heteroatoms. The maximum absolute atomic E-state index is 14.3. The molecule has 0 radical (unpaired) electrons. The number of hydrogen-bond donors (Lipinski definition) is 2. The van der Waals surface area contributed by atoms with Crippen LogP contribution in [0.4, 0.5) is 8.78 Å². The van der Waals surface area contributed by atoms with E-state index in [0.717, 1.165) is 21.6 Å². The lowest BCUT2D eigenvalue weighted by molar-refractivity contribution is -0.133. The summed E-state index contributed by atoms with van der Waals surface area (Å²) in [7, 11) is -3.66. The molecular weight excluding hydrogens is 542 g/mol. The summed E-state index contributed by atoms with van der Waals surface area (Å²) in [5.41, 5.74) is 2.58. The molecule has 1 heterocycles. The molecule has 4 rings (SSSR count). The molecule has 1 aliphatic carbocycles. The van der Waals surface area contributed by atoms with E-state index in [4.69, 9.17) is 5.26 Å². The zero-order valence-electron chi connectivity index (χ0n) is 21.0. The Bertz CT molecular complexity index is 1430. The van der Waals surface area contributed by atoms with Gasteiger partial charge in [-0.15, -0.1) is 11.8 Å². The van der Waals surface area contributed by atoms with Gasteiger partial charge in [-0.2, -0.15) is 5.26 Å². The Hall–Kier alpha value is -3.33. The molecule has 1 aromatic heterocycles. The molecule has 1 aliphatic rings. The van der Waals surface area contributed by atoms with Crippen molar-refractivity contribution in [3.8, 4) is 17.2 Å². The number of thioether (sulfide) groups is 1. The summed E-state index contributed by atoms with van der Waals surface area (Å²) in [5, 5.41) is 11.3. The smallest absolute Gasteiger partial charge is 0.258 e. The van der Waals surface area contributed by atoms with Crippen molar-refractivity contribution >= 4 is 27.7 Å². The number of benzene rings is 2. The SMILES string of the molecule is N#CCNC(=O)C1CC(F)(F)CCC1c1ccccc1-c1ccc(SCCNS(=O)(=O)c2ccccn2)cc1. The molecule has 0 aliphatic heterocycles. The highest BCUT2D eigenvalue weighted by atomic mass is 32.2. The number of rotatable bonds is 10. The summed E-state index contributed by atoms with van der Waals surface area (Å²) < 4.78 is 55.7. The van der Waals surface area contributed by atoms with E-state index < -0.39 is 40.1 Å². The molecule has 1 amide bonds. The molecule has 2 aromatic carbocycles. The van der Waals surface area contributed by atoms with E-state index in [-0.39, 0.29) is 31.0 Å². The third kappa shape index (κ3) is 7.41. The van der Waals surface area contributed by atoms with Crippen LogP contribution in [0.3, 0.4) is 0 Å². The Morgan fingerprint density at radius 3 is 2.56 bits per heavy atom. The maximum atomic E-state index is 14.3. The lowest BCUT2D eigenvalue weighted by Crippen LogP contribution is -2.41. The summed E-state index contributed by atoms with van der Waals surface area (Å²) in [5.74, 6) is -4.28. The first-order chi connectivity index (χ1) is 18.7. The fourth-order valence-electron chi connectivity index (χ4n) is 4.78. The van der Waals surface area contributed by atoms with Crippen LogP contribution in [-0.2, 0) is 14.8 Å². The number of halogens is 2. The van der Waals surface area contributed by atoms with Gasteiger partial charge in [0.05, 0.1) is 12.0 Å². The third-order valence-electron chi connectivity index (χ3n) is 6.61. The number of nitriles is 1. The van der Waals surface area contributed by atoms with Crippen molar-refractivity contribution in [3.63, 3.8) is 0 Å². The lowest BCUT2D eigenvalue weighted by atomic mass is 9.72. The second-order valence-corrected chi connectivity index (χ2v) is 12.1. The number of nitrogens with zero attached hydrogens (tertiary/aromatic N) is 2. The van der Waals surface area contributed by atoms with Gasteiger partial charge in [-0.05, 0) is 53.3 Å². The van der Waals surface area contributed by atoms with E-state index in [2.05, 4.69) is 15.0 Å². The third-order valence-corrected chi connectivity index (χ3v) is 9.00. The van der Waals surface area contributed by atoms with Gasteiger partial charge in [0.25, 0.3) is 10.0 Å². The van der Waals surface area contributed by atoms with Crippen molar-refractivity contribution in [3.05, 3.63) is 78.5 Å². The quantitative estimate of drug-likeness (QED) is 0.202. The van der Waals surface area contributed by atoms with Crippen LogP contribution in [0.25, 0.3) is 11.1 Å². The largest absolute Gasteiger partial charge is 0.343 e. The summed E-state index contributed by atoms with van der Waals surface area (Å²) in [6, 6.07) is 21.8. The number of aromatic nitrogens is 1. The number of amides is 1. The molecule has 2 N–H and O–H groups in total. The number of pyridine rings is 1. The zero-order chi connectivity index (χ0) is 27.9. The number of carbonyl (C=O) groups is 1. The van der Waals surface area contributed by atoms with Crippen molar-refractivity contribution in [1.82, 2.24) is 15.0 Å². The normalized spacial score (nSPS) is 18.7. The highest BCUT2D eigenvalue weighted by molar-refractivity contribution is 7.99. The molecule has 2 unspecified atom stereocenters. The average Bonchev–Trinajstić information content (AvgIpc) is 2.94. The van der Waals surface area contributed by atoms with Gasteiger partial charge < -0.3 is 5.32 Å². The van der Waals surface area contributed by atoms with Crippen molar-refractivity contribution < 1.29 is 22.0 Å². The van der Waals surface area contributed by atoms with Gasteiger partial charge in [-0.3, -0.25) is 4.79 Å². The number of carbonyl (C=O) groups excluding carboxylic acids is 1. The summed E-state index contributed by atoms with van der Waals surface area (Å²) >= 11 is 1.49. The van der Waals surface area contributed by atoms with E-state index in [1.165, 1.54) is 24.0 Å². The van der Waals surface area contributed by atoms with Crippen LogP contribution in [0.5, 0.6) is 0 Å². The molecule has 0 saturated heterocycles.